The zero-order valence-electron chi connectivity index (χ0n) is 22.0. The Morgan fingerprint density at radius 2 is 1.80 bits per heavy atom. The van der Waals surface area contributed by atoms with Crippen LogP contribution in [0.5, 0.6) is 11.5 Å². The fourth-order valence-electron chi connectivity index (χ4n) is 3.96. The second kappa shape index (κ2) is 12.8. The highest BCUT2D eigenvalue weighted by molar-refractivity contribution is 6.34. The monoisotopic (exact) mass is 584 g/mol. The highest BCUT2D eigenvalue weighted by Crippen LogP contribution is 2.29. The van der Waals surface area contributed by atoms with Crippen LogP contribution in [0.4, 0.5) is 20.7 Å². The van der Waals surface area contributed by atoms with Gasteiger partial charge in [0.05, 0.1) is 11.4 Å². The van der Waals surface area contributed by atoms with Crippen LogP contribution in [0.15, 0.2) is 60.8 Å². The van der Waals surface area contributed by atoms with Crippen LogP contribution >= 0.6 is 23.2 Å². The number of carbonyl (C=O) groups is 2. The number of hydrogen-bond donors (Lipinski definition) is 3. The lowest BCUT2D eigenvalue weighted by Gasteiger charge is -2.12. The predicted molar refractivity (Wildman–Crippen MR) is 154 cm³/mol. The molecule has 0 saturated heterocycles. The van der Waals surface area contributed by atoms with Crippen LogP contribution in [0.3, 0.4) is 0 Å². The number of benzene rings is 2. The molecule has 1 unspecified atom stereocenters. The number of ether oxygens (including phenoxy) is 1. The molecule has 0 aliphatic carbocycles. The molecule has 0 aliphatic rings. The molecule has 3 amide bonds. The van der Waals surface area contributed by atoms with E-state index in [9.17, 15) is 14.0 Å². The Morgan fingerprint density at radius 3 is 2.48 bits per heavy atom. The van der Waals surface area contributed by atoms with E-state index in [2.05, 4.69) is 39.9 Å². The summed E-state index contributed by atoms with van der Waals surface area (Å²) in [6.45, 7) is 4.15. The van der Waals surface area contributed by atoms with Crippen molar-refractivity contribution in [2.24, 2.45) is 0 Å². The first-order valence-electron chi connectivity index (χ1n) is 12.5. The number of carbonyl (C=O) groups excluding carboxylic acids is 2. The van der Waals surface area contributed by atoms with E-state index in [0.29, 0.717) is 21.6 Å². The highest BCUT2D eigenvalue weighted by atomic mass is 35.5. The quantitative estimate of drug-likeness (QED) is 0.190. The molecule has 12 heteroatoms. The van der Waals surface area contributed by atoms with Gasteiger partial charge in [-0.15, -0.1) is 0 Å². The molecular weight excluding hydrogens is 558 g/mol. The van der Waals surface area contributed by atoms with Gasteiger partial charge in [0.2, 0.25) is 0 Å². The highest BCUT2D eigenvalue weighted by Gasteiger charge is 2.18. The molecule has 208 valence electrons. The Kier molecular flexibility index (Phi) is 9.23. The second-order valence-corrected chi connectivity index (χ2v) is 9.84. The predicted octanol–water partition coefficient (Wildman–Crippen LogP) is 7.41. The molecule has 4 aromatic rings. The molecule has 0 aliphatic heterocycles. The minimum Gasteiger partial charge on any atom is -0.454 e. The van der Waals surface area contributed by atoms with Crippen LogP contribution in [0.1, 0.15) is 48.8 Å². The number of hydrogen-bond acceptors (Lipinski definition) is 5. The molecule has 9 nitrogen and oxygen atoms in total. The van der Waals surface area contributed by atoms with Gasteiger partial charge in [0.15, 0.2) is 11.6 Å². The molecule has 0 fully saturated rings. The van der Waals surface area contributed by atoms with Gasteiger partial charge in [0, 0.05) is 53.1 Å². The summed E-state index contributed by atoms with van der Waals surface area (Å²) >= 11 is 12.4. The molecule has 40 heavy (non-hydrogen) atoms. The van der Waals surface area contributed by atoms with Crippen molar-refractivity contribution in [2.75, 3.05) is 17.7 Å². The lowest BCUT2D eigenvalue weighted by molar-refractivity contribution is 0.0958. The summed E-state index contributed by atoms with van der Waals surface area (Å²) in [7, 11) is 1.48. The normalized spacial score (nSPS) is 11.6. The number of aromatic nitrogens is 3. The summed E-state index contributed by atoms with van der Waals surface area (Å²) in [5.41, 5.74) is 1.68. The smallest absolute Gasteiger partial charge is 0.324 e. The Morgan fingerprint density at radius 1 is 1.05 bits per heavy atom. The molecule has 2 aromatic heterocycles. The maximum Gasteiger partial charge on any atom is 0.324 e. The third kappa shape index (κ3) is 7.08. The van der Waals surface area contributed by atoms with Crippen LogP contribution in [-0.2, 0) is 0 Å². The van der Waals surface area contributed by atoms with Crippen molar-refractivity contribution in [1.82, 2.24) is 20.1 Å². The third-order valence-electron chi connectivity index (χ3n) is 5.90. The van der Waals surface area contributed by atoms with Crippen LogP contribution in [-0.4, -0.2) is 33.8 Å². The fraction of sp³-hybridized carbons (Fsp3) is 0.214. The largest absolute Gasteiger partial charge is 0.454 e. The number of halogens is 3. The SMILES string of the molecule is CCCC(C)c1cc(NC(=O)Nc2ccc(Oc3ccnc(C(=O)NC)c3)c(F)c2)n(-c2cc(Cl)cc(Cl)c2)n1. The van der Waals surface area contributed by atoms with Crippen molar-refractivity contribution in [2.45, 2.75) is 32.6 Å². The van der Waals surface area contributed by atoms with Crippen LogP contribution < -0.4 is 20.7 Å². The molecule has 1 atom stereocenters. The standard InChI is InChI=1S/C28H27Cl2FN6O3/c1-4-5-16(2)23-15-26(37(36-23)20-11-17(29)10-18(30)12-20)35-28(39)34-19-6-7-25(22(31)13-19)40-21-8-9-33-24(14-21)27(38)32-3/h6-16H,4-5H2,1-3H3,(H,32,38)(H2,34,35,39). The van der Waals surface area contributed by atoms with E-state index in [1.807, 2.05) is 0 Å². The van der Waals surface area contributed by atoms with Crippen LogP contribution in [0.25, 0.3) is 5.69 Å². The number of urea groups is 1. The maximum atomic E-state index is 14.8. The summed E-state index contributed by atoms with van der Waals surface area (Å²) in [6.07, 6.45) is 3.27. The maximum absolute atomic E-state index is 14.8. The number of pyridine rings is 1. The lowest BCUT2D eigenvalue weighted by Crippen LogP contribution is -2.21. The van der Waals surface area contributed by atoms with E-state index in [0.717, 1.165) is 24.6 Å². The molecule has 0 saturated carbocycles. The fourth-order valence-corrected chi connectivity index (χ4v) is 4.48. The van der Waals surface area contributed by atoms with Gasteiger partial charge in [-0.05, 0) is 42.8 Å². The summed E-state index contributed by atoms with van der Waals surface area (Å²) < 4.78 is 22.0. The average Bonchev–Trinajstić information content (AvgIpc) is 3.33. The second-order valence-electron chi connectivity index (χ2n) is 8.97. The molecule has 3 N–H and O–H groups in total. The van der Waals surface area contributed by atoms with E-state index in [1.54, 1.807) is 28.9 Å². The summed E-state index contributed by atoms with van der Waals surface area (Å²) in [4.78, 5) is 28.6. The summed E-state index contributed by atoms with van der Waals surface area (Å²) in [5, 5.41) is 13.4. The van der Waals surface area contributed by atoms with Gasteiger partial charge >= 0.3 is 6.03 Å². The molecular formula is C28H27Cl2FN6O3. The van der Waals surface area contributed by atoms with Crippen molar-refractivity contribution in [3.05, 3.63) is 88.0 Å². The zero-order chi connectivity index (χ0) is 28.8. The van der Waals surface area contributed by atoms with E-state index in [4.69, 9.17) is 27.9 Å². The van der Waals surface area contributed by atoms with Gasteiger partial charge in [0.25, 0.3) is 5.91 Å². The summed E-state index contributed by atoms with van der Waals surface area (Å²) in [5.74, 6) is -0.439. The van der Waals surface area contributed by atoms with Gasteiger partial charge in [-0.1, -0.05) is 43.5 Å². The van der Waals surface area contributed by atoms with Crippen molar-refractivity contribution in [3.8, 4) is 17.2 Å². The third-order valence-corrected chi connectivity index (χ3v) is 6.33. The van der Waals surface area contributed by atoms with Gasteiger partial charge in [0.1, 0.15) is 17.3 Å². The number of rotatable bonds is 9. The molecule has 2 aromatic carbocycles. The zero-order valence-corrected chi connectivity index (χ0v) is 23.5. The number of nitrogens with one attached hydrogen (secondary N) is 3. The topological polar surface area (TPSA) is 110 Å². The number of anilines is 2. The molecule has 0 bridgehead atoms. The molecule has 0 spiro atoms. The number of nitrogens with zero attached hydrogens (tertiary/aromatic N) is 3. The van der Waals surface area contributed by atoms with Gasteiger partial charge in [-0.25, -0.2) is 13.9 Å². The van der Waals surface area contributed by atoms with E-state index >= 15 is 0 Å². The van der Waals surface area contributed by atoms with Crippen molar-refractivity contribution in [3.63, 3.8) is 0 Å². The van der Waals surface area contributed by atoms with Gasteiger partial charge in [-0.3, -0.25) is 15.1 Å². The molecule has 4 rings (SSSR count). The van der Waals surface area contributed by atoms with Gasteiger partial charge < -0.3 is 15.4 Å². The van der Waals surface area contributed by atoms with E-state index in [1.165, 1.54) is 37.5 Å². The van der Waals surface area contributed by atoms with E-state index < -0.39 is 17.8 Å². The Hall–Kier alpha value is -4.15. The Balaban J connectivity index is 1.51. The van der Waals surface area contributed by atoms with Gasteiger partial charge in [-0.2, -0.15) is 5.10 Å². The lowest BCUT2D eigenvalue weighted by atomic mass is 10.0. The summed E-state index contributed by atoms with van der Waals surface area (Å²) in [6, 6.07) is 13.0. The van der Waals surface area contributed by atoms with Crippen molar-refractivity contribution < 1.29 is 18.7 Å². The average molecular weight is 585 g/mol. The van der Waals surface area contributed by atoms with E-state index in [-0.39, 0.29) is 28.8 Å². The van der Waals surface area contributed by atoms with Crippen molar-refractivity contribution in [1.29, 1.82) is 0 Å². The molecule has 0 radical (unpaired) electrons. The first-order valence-corrected chi connectivity index (χ1v) is 13.2. The van der Waals surface area contributed by atoms with Crippen molar-refractivity contribution >= 4 is 46.6 Å². The Labute approximate surface area is 240 Å². The Bertz CT molecular complexity index is 1520. The van der Waals surface area contributed by atoms with Crippen LogP contribution in [0, 0.1) is 5.82 Å². The van der Waals surface area contributed by atoms with Crippen LogP contribution in [0.2, 0.25) is 10.0 Å². The minimum absolute atomic E-state index is 0.0921. The first kappa shape index (κ1) is 28.8. The molecule has 2 heterocycles. The minimum atomic E-state index is -0.717. The number of amides is 3. The first-order chi connectivity index (χ1) is 19.2.